The molecule has 70 valence electrons. The summed E-state index contributed by atoms with van der Waals surface area (Å²) >= 11 is 1.62. The third-order valence-electron chi connectivity index (χ3n) is 1.88. The third kappa shape index (κ3) is 1.65. The largest absolute Gasteiger partial charge is 0.269 e. The lowest BCUT2D eigenvalue weighted by Gasteiger charge is -1.95. The molecule has 0 atom stereocenters. The minimum Gasteiger partial charge on any atom is -0.258 e. The van der Waals surface area contributed by atoms with Crippen molar-refractivity contribution in [1.82, 2.24) is 0 Å². The van der Waals surface area contributed by atoms with E-state index in [-0.39, 0.29) is 5.69 Å². The van der Waals surface area contributed by atoms with Crippen LogP contribution in [-0.2, 0) is 0 Å². The molecule has 4 heteroatoms. The summed E-state index contributed by atoms with van der Waals surface area (Å²) in [7, 11) is 0. The molecule has 0 unspecified atom stereocenters. The Morgan fingerprint density at radius 1 is 1.14 bits per heavy atom. The lowest BCUT2D eigenvalue weighted by molar-refractivity contribution is -0.384. The van der Waals surface area contributed by atoms with Gasteiger partial charge < -0.3 is 0 Å². The molecule has 1 heterocycles. The molecule has 0 saturated carbocycles. The van der Waals surface area contributed by atoms with Gasteiger partial charge in [0.25, 0.3) is 5.69 Å². The van der Waals surface area contributed by atoms with Crippen molar-refractivity contribution in [2.45, 2.75) is 0 Å². The number of nitro groups is 1. The normalized spacial score (nSPS) is 10.0. The fourth-order valence-electron chi connectivity index (χ4n) is 1.19. The molecule has 0 aliphatic carbocycles. The summed E-state index contributed by atoms with van der Waals surface area (Å²) in [4.78, 5) is 11.1. The summed E-state index contributed by atoms with van der Waals surface area (Å²) in [6.45, 7) is 0. The molecule has 14 heavy (non-hydrogen) atoms. The van der Waals surface area contributed by atoms with E-state index in [0.29, 0.717) is 0 Å². The highest BCUT2D eigenvalue weighted by Gasteiger charge is 2.04. The molecule has 0 saturated heterocycles. The Kier molecular flexibility index (Phi) is 2.28. The lowest BCUT2D eigenvalue weighted by atomic mass is 10.2. The predicted octanol–water partition coefficient (Wildman–Crippen LogP) is 3.32. The highest BCUT2D eigenvalue weighted by molar-refractivity contribution is 7.13. The highest BCUT2D eigenvalue weighted by Crippen LogP contribution is 2.26. The van der Waals surface area contributed by atoms with Crippen LogP contribution in [0.15, 0.2) is 41.8 Å². The van der Waals surface area contributed by atoms with Gasteiger partial charge in [-0.2, -0.15) is 0 Å². The molecule has 0 aliphatic rings. The van der Waals surface area contributed by atoms with Crippen molar-refractivity contribution in [2.24, 2.45) is 0 Å². The van der Waals surface area contributed by atoms with Gasteiger partial charge in [-0.3, -0.25) is 10.1 Å². The monoisotopic (exact) mass is 205 g/mol. The SMILES string of the molecule is O=[N+]([O-])c1ccc(-c2cccs2)cc1. The molecular weight excluding hydrogens is 198 g/mol. The molecule has 0 radical (unpaired) electrons. The first-order valence-corrected chi connectivity index (χ1v) is 4.93. The molecule has 1 aromatic carbocycles. The number of nitrogens with zero attached hydrogens (tertiary/aromatic N) is 1. The van der Waals surface area contributed by atoms with Crippen molar-refractivity contribution in [2.75, 3.05) is 0 Å². The van der Waals surface area contributed by atoms with Crippen LogP contribution in [0.4, 0.5) is 5.69 Å². The molecular formula is C10H7NO2S. The van der Waals surface area contributed by atoms with E-state index in [2.05, 4.69) is 0 Å². The summed E-state index contributed by atoms with van der Waals surface area (Å²) in [5, 5.41) is 12.4. The number of rotatable bonds is 2. The highest BCUT2D eigenvalue weighted by atomic mass is 32.1. The molecule has 0 fully saturated rings. The van der Waals surface area contributed by atoms with E-state index in [9.17, 15) is 10.1 Å². The van der Waals surface area contributed by atoms with Crippen molar-refractivity contribution in [1.29, 1.82) is 0 Å². The Labute approximate surface area is 84.8 Å². The van der Waals surface area contributed by atoms with E-state index >= 15 is 0 Å². The Bertz CT molecular complexity index is 434. The van der Waals surface area contributed by atoms with Crippen LogP contribution in [0.3, 0.4) is 0 Å². The molecule has 2 rings (SSSR count). The maximum absolute atomic E-state index is 10.4. The summed E-state index contributed by atoms with van der Waals surface area (Å²) in [5.74, 6) is 0. The van der Waals surface area contributed by atoms with Gasteiger partial charge >= 0.3 is 0 Å². The molecule has 3 nitrogen and oxygen atoms in total. The van der Waals surface area contributed by atoms with E-state index in [1.165, 1.54) is 12.1 Å². The molecule has 0 bridgehead atoms. The Balaban J connectivity index is 2.36. The van der Waals surface area contributed by atoms with Gasteiger partial charge in [-0.25, -0.2) is 0 Å². The molecule has 0 spiro atoms. The van der Waals surface area contributed by atoms with Gasteiger partial charge in [-0.05, 0) is 29.1 Å². The van der Waals surface area contributed by atoms with Crippen LogP contribution in [0.25, 0.3) is 10.4 Å². The van der Waals surface area contributed by atoms with Crippen molar-refractivity contribution in [3.8, 4) is 10.4 Å². The van der Waals surface area contributed by atoms with Gasteiger partial charge in [0.1, 0.15) is 0 Å². The minimum atomic E-state index is -0.391. The van der Waals surface area contributed by atoms with Crippen molar-refractivity contribution >= 4 is 17.0 Å². The van der Waals surface area contributed by atoms with Crippen LogP contribution in [0.2, 0.25) is 0 Å². The van der Waals surface area contributed by atoms with E-state index < -0.39 is 4.92 Å². The van der Waals surface area contributed by atoms with Crippen molar-refractivity contribution < 1.29 is 4.92 Å². The van der Waals surface area contributed by atoms with E-state index in [1.54, 1.807) is 23.5 Å². The van der Waals surface area contributed by atoms with Gasteiger partial charge in [0.2, 0.25) is 0 Å². The molecule has 1 aromatic heterocycles. The van der Waals surface area contributed by atoms with Crippen molar-refractivity contribution in [3.63, 3.8) is 0 Å². The first-order valence-electron chi connectivity index (χ1n) is 4.06. The summed E-state index contributed by atoms with van der Waals surface area (Å²) in [6.07, 6.45) is 0. The van der Waals surface area contributed by atoms with Gasteiger partial charge in [-0.1, -0.05) is 6.07 Å². The lowest BCUT2D eigenvalue weighted by Crippen LogP contribution is -1.86. The van der Waals surface area contributed by atoms with Crippen LogP contribution in [0.1, 0.15) is 0 Å². The van der Waals surface area contributed by atoms with E-state index in [4.69, 9.17) is 0 Å². The second-order valence-electron chi connectivity index (χ2n) is 2.78. The van der Waals surface area contributed by atoms with Gasteiger partial charge in [0, 0.05) is 17.0 Å². The predicted molar refractivity (Wildman–Crippen MR) is 56.4 cm³/mol. The first kappa shape index (κ1) is 8.90. The van der Waals surface area contributed by atoms with Crippen LogP contribution in [0.5, 0.6) is 0 Å². The molecule has 0 amide bonds. The Morgan fingerprint density at radius 2 is 1.86 bits per heavy atom. The number of non-ortho nitro benzene ring substituents is 1. The number of nitro benzene ring substituents is 1. The van der Waals surface area contributed by atoms with E-state index in [1.807, 2.05) is 17.5 Å². The summed E-state index contributed by atoms with van der Waals surface area (Å²) in [6, 6.07) is 10.5. The molecule has 2 aromatic rings. The first-order chi connectivity index (χ1) is 6.77. The standard InChI is InChI=1S/C10H7NO2S/c12-11(13)9-5-3-8(4-6-9)10-2-1-7-14-10/h1-7H. The second kappa shape index (κ2) is 3.59. The smallest absolute Gasteiger partial charge is 0.258 e. The van der Waals surface area contributed by atoms with Gasteiger partial charge in [0.15, 0.2) is 0 Å². The second-order valence-corrected chi connectivity index (χ2v) is 3.73. The maximum atomic E-state index is 10.4. The average Bonchev–Trinajstić information content (AvgIpc) is 2.71. The van der Waals surface area contributed by atoms with Crippen LogP contribution in [0, 0.1) is 10.1 Å². The summed E-state index contributed by atoms with van der Waals surface area (Å²) < 4.78 is 0. The average molecular weight is 205 g/mol. The topological polar surface area (TPSA) is 43.1 Å². The quantitative estimate of drug-likeness (QED) is 0.557. The fourth-order valence-corrected chi connectivity index (χ4v) is 1.92. The summed E-state index contributed by atoms with van der Waals surface area (Å²) in [5.41, 5.74) is 1.15. The Hall–Kier alpha value is -1.68. The van der Waals surface area contributed by atoms with Crippen LogP contribution in [-0.4, -0.2) is 4.92 Å². The number of benzene rings is 1. The zero-order valence-corrected chi connectivity index (χ0v) is 8.03. The number of thiophene rings is 1. The Morgan fingerprint density at radius 3 is 2.36 bits per heavy atom. The third-order valence-corrected chi connectivity index (χ3v) is 2.80. The molecule has 0 aliphatic heterocycles. The van der Waals surface area contributed by atoms with Gasteiger partial charge in [0.05, 0.1) is 4.92 Å². The fraction of sp³-hybridized carbons (Fsp3) is 0. The zero-order chi connectivity index (χ0) is 9.97. The van der Waals surface area contributed by atoms with Crippen LogP contribution < -0.4 is 0 Å². The van der Waals surface area contributed by atoms with E-state index in [0.717, 1.165) is 10.4 Å². The van der Waals surface area contributed by atoms with Crippen LogP contribution >= 0.6 is 11.3 Å². The number of hydrogen-bond acceptors (Lipinski definition) is 3. The zero-order valence-electron chi connectivity index (χ0n) is 7.21. The van der Waals surface area contributed by atoms with Crippen molar-refractivity contribution in [3.05, 3.63) is 51.9 Å². The molecule has 0 N–H and O–H groups in total. The number of hydrogen-bond donors (Lipinski definition) is 0. The maximum Gasteiger partial charge on any atom is 0.269 e. The van der Waals surface area contributed by atoms with Gasteiger partial charge in [-0.15, -0.1) is 11.3 Å². The minimum absolute atomic E-state index is 0.130.